The standard InChI is InChI=1S/C42H49Br2ClO6S/c1-3-30(2)39(45)42(47)51-37-24-22-36(23-25-37)50-41(46)33-16-14-31(15-17-33)32-18-20-35(21-19-32)49-27-13-11-9-7-5-4-6-8-10-12-26-48-29-34-28-38(43)52-40(34)44/h14-25,28,30,39H,3-13,26-27,29H2,1-2H3. The molecule has 6 nitrogen and oxygen atoms in total. The molecule has 0 aliphatic rings. The van der Waals surface area contributed by atoms with Crippen molar-refractivity contribution in [1.82, 2.24) is 0 Å². The summed E-state index contributed by atoms with van der Waals surface area (Å²) in [6, 6.07) is 23.8. The SMILES string of the molecule is CCC(C)C(Cl)C(=O)Oc1ccc(OC(=O)c2ccc(-c3ccc(OCCCCCCCCCCCCOCc4cc(Br)sc4Br)cc3)cc2)cc1. The lowest BCUT2D eigenvalue weighted by Gasteiger charge is -2.15. The molecule has 4 rings (SSSR count). The van der Waals surface area contributed by atoms with Crippen LogP contribution in [-0.2, 0) is 16.1 Å². The lowest BCUT2D eigenvalue weighted by molar-refractivity contribution is -0.134. The van der Waals surface area contributed by atoms with Gasteiger partial charge in [0.25, 0.3) is 0 Å². The average molecular weight is 877 g/mol. The molecule has 0 spiro atoms. The van der Waals surface area contributed by atoms with Gasteiger partial charge in [0, 0.05) is 12.2 Å². The van der Waals surface area contributed by atoms with E-state index in [-0.39, 0.29) is 5.92 Å². The third-order valence-corrected chi connectivity index (χ3v) is 11.9. The number of ether oxygens (including phenoxy) is 4. The molecule has 0 bridgehead atoms. The minimum absolute atomic E-state index is 0.00662. The Bertz CT molecular complexity index is 1640. The Morgan fingerprint density at radius 2 is 1.19 bits per heavy atom. The molecule has 0 amide bonds. The summed E-state index contributed by atoms with van der Waals surface area (Å²) in [5, 5.41) is -0.718. The smallest absolute Gasteiger partial charge is 0.343 e. The minimum Gasteiger partial charge on any atom is -0.494 e. The van der Waals surface area contributed by atoms with Crippen LogP contribution in [0.25, 0.3) is 11.1 Å². The third kappa shape index (κ3) is 14.6. The van der Waals surface area contributed by atoms with Crippen molar-refractivity contribution in [3.63, 3.8) is 0 Å². The number of carbonyl (C=O) groups excluding carboxylic acids is 2. The first kappa shape index (κ1) is 42.1. The Hall–Kier alpha value is -2.69. The van der Waals surface area contributed by atoms with E-state index in [1.807, 2.05) is 50.2 Å². The number of hydrogen-bond donors (Lipinski definition) is 0. The number of unbranched alkanes of at least 4 members (excludes halogenated alkanes) is 9. The maximum atomic E-state index is 12.7. The number of esters is 2. The van der Waals surface area contributed by atoms with Gasteiger partial charge in [-0.05, 0) is 116 Å². The van der Waals surface area contributed by atoms with Crippen LogP contribution in [-0.4, -0.2) is 30.5 Å². The zero-order valence-electron chi connectivity index (χ0n) is 30.1. The Balaban J connectivity index is 1.03. The molecular weight excluding hydrogens is 828 g/mol. The lowest BCUT2D eigenvalue weighted by atomic mass is 10.0. The molecule has 1 aromatic heterocycles. The first-order valence-corrected chi connectivity index (χ1v) is 21.1. The van der Waals surface area contributed by atoms with E-state index in [1.54, 1.807) is 47.7 Å². The molecule has 52 heavy (non-hydrogen) atoms. The molecule has 0 aliphatic heterocycles. The second-order valence-electron chi connectivity index (χ2n) is 13.0. The number of thiophene rings is 1. The highest BCUT2D eigenvalue weighted by Gasteiger charge is 2.23. The van der Waals surface area contributed by atoms with Crippen LogP contribution in [0.3, 0.4) is 0 Å². The van der Waals surface area contributed by atoms with E-state index < -0.39 is 17.3 Å². The zero-order chi connectivity index (χ0) is 37.1. The molecule has 0 saturated carbocycles. The fourth-order valence-electron chi connectivity index (χ4n) is 5.46. The number of alkyl halides is 1. The molecule has 10 heteroatoms. The van der Waals surface area contributed by atoms with Crippen LogP contribution >= 0.6 is 54.8 Å². The summed E-state index contributed by atoms with van der Waals surface area (Å²) < 4.78 is 24.9. The normalized spacial score (nSPS) is 12.3. The van der Waals surface area contributed by atoms with E-state index in [2.05, 4.69) is 37.9 Å². The predicted molar refractivity (Wildman–Crippen MR) is 219 cm³/mol. The molecular formula is C42H49Br2ClO6S. The van der Waals surface area contributed by atoms with Gasteiger partial charge in [-0.25, -0.2) is 4.79 Å². The summed E-state index contributed by atoms with van der Waals surface area (Å²) in [5.74, 6) is 0.588. The third-order valence-electron chi connectivity index (χ3n) is 8.87. The maximum absolute atomic E-state index is 12.7. The second kappa shape index (κ2) is 23.2. The zero-order valence-corrected chi connectivity index (χ0v) is 34.8. The number of halogens is 3. The van der Waals surface area contributed by atoms with Crippen molar-refractivity contribution in [2.24, 2.45) is 5.92 Å². The Kier molecular flexibility index (Phi) is 18.7. The van der Waals surface area contributed by atoms with Crippen molar-refractivity contribution in [2.45, 2.75) is 96.5 Å². The molecule has 4 aromatic rings. The lowest BCUT2D eigenvalue weighted by Crippen LogP contribution is -2.26. The fraction of sp³-hybridized carbons (Fsp3) is 0.429. The average Bonchev–Trinajstić information content (AvgIpc) is 3.49. The molecule has 0 aliphatic carbocycles. The van der Waals surface area contributed by atoms with Gasteiger partial charge < -0.3 is 18.9 Å². The first-order valence-electron chi connectivity index (χ1n) is 18.3. The number of rotatable bonds is 23. The fourth-order valence-corrected chi connectivity index (χ4v) is 8.47. The second-order valence-corrected chi connectivity index (χ2v) is 17.2. The van der Waals surface area contributed by atoms with Crippen LogP contribution in [0.2, 0.25) is 0 Å². The molecule has 0 saturated heterocycles. The maximum Gasteiger partial charge on any atom is 0.343 e. The van der Waals surface area contributed by atoms with Gasteiger partial charge in [-0.2, -0.15) is 0 Å². The van der Waals surface area contributed by atoms with Gasteiger partial charge in [0.05, 0.1) is 26.4 Å². The molecule has 0 N–H and O–H groups in total. The van der Waals surface area contributed by atoms with E-state index in [0.717, 1.165) is 56.9 Å². The van der Waals surface area contributed by atoms with Crippen molar-refractivity contribution in [3.8, 4) is 28.4 Å². The molecule has 0 fully saturated rings. The highest BCUT2D eigenvalue weighted by molar-refractivity contribution is 9.12. The summed E-state index contributed by atoms with van der Waals surface area (Å²) in [7, 11) is 0. The van der Waals surface area contributed by atoms with Gasteiger partial charge in [0.15, 0.2) is 0 Å². The van der Waals surface area contributed by atoms with Gasteiger partial charge in [0.2, 0.25) is 0 Å². The van der Waals surface area contributed by atoms with Gasteiger partial charge >= 0.3 is 11.9 Å². The van der Waals surface area contributed by atoms with Crippen molar-refractivity contribution in [1.29, 1.82) is 0 Å². The Morgan fingerprint density at radius 1 is 0.692 bits per heavy atom. The van der Waals surface area contributed by atoms with Crippen LogP contribution in [0.15, 0.2) is 86.4 Å². The van der Waals surface area contributed by atoms with Crippen molar-refractivity contribution < 1.29 is 28.5 Å². The van der Waals surface area contributed by atoms with Gasteiger partial charge in [-0.15, -0.1) is 22.9 Å². The van der Waals surface area contributed by atoms with E-state index in [9.17, 15) is 9.59 Å². The van der Waals surface area contributed by atoms with E-state index in [0.29, 0.717) is 23.7 Å². The summed E-state index contributed by atoms with van der Waals surface area (Å²) in [6.07, 6.45) is 13.2. The minimum atomic E-state index is -0.718. The molecule has 2 atom stereocenters. The van der Waals surface area contributed by atoms with Crippen LogP contribution in [0, 0.1) is 5.92 Å². The summed E-state index contributed by atoms with van der Waals surface area (Å²) in [5.41, 5.74) is 3.68. The monoisotopic (exact) mass is 874 g/mol. The molecule has 1 heterocycles. The molecule has 0 radical (unpaired) electrons. The molecule has 280 valence electrons. The van der Waals surface area contributed by atoms with Gasteiger partial charge in [-0.3, -0.25) is 4.79 Å². The summed E-state index contributed by atoms with van der Waals surface area (Å²) >= 11 is 15.0. The van der Waals surface area contributed by atoms with Gasteiger partial charge in [-0.1, -0.05) is 95.9 Å². The number of benzene rings is 3. The van der Waals surface area contributed by atoms with Crippen LogP contribution < -0.4 is 14.2 Å². The predicted octanol–water partition coefficient (Wildman–Crippen LogP) is 13.2. The van der Waals surface area contributed by atoms with Crippen molar-refractivity contribution in [3.05, 3.63) is 97.6 Å². The van der Waals surface area contributed by atoms with E-state index in [1.165, 1.54) is 56.9 Å². The summed E-state index contributed by atoms with van der Waals surface area (Å²) in [4.78, 5) is 25.0. The number of carbonyl (C=O) groups is 2. The number of hydrogen-bond acceptors (Lipinski definition) is 7. The van der Waals surface area contributed by atoms with Crippen molar-refractivity contribution >= 4 is 66.7 Å². The quantitative estimate of drug-likeness (QED) is 0.0320. The highest BCUT2D eigenvalue weighted by atomic mass is 79.9. The van der Waals surface area contributed by atoms with Crippen molar-refractivity contribution in [2.75, 3.05) is 13.2 Å². The highest BCUT2D eigenvalue weighted by Crippen LogP contribution is 2.32. The topological polar surface area (TPSA) is 71.1 Å². The Morgan fingerprint density at radius 3 is 1.73 bits per heavy atom. The first-order chi connectivity index (χ1) is 25.2. The van der Waals surface area contributed by atoms with Gasteiger partial charge in [0.1, 0.15) is 22.6 Å². The summed E-state index contributed by atoms with van der Waals surface area (Å²) in [6.45, 7) is 6.10. The van der Waals surface area contributed by atoms with E-state index in [4.69, 9.17) is 30.5 Å². The largest absolute Gasteiger partial charge is 0.494 e. The Labute approximate surface area is 334 Å². The molecule has 3 aromatic carbocycles. The van der Waals surface area contributed by atoms with Crippen LogP contribution in [0.4, 0.5) is 0 Å². The van der Waals surface area contributed by atoms with E-state index >= 15 is 0 Å². The van der Waals surface area contributed by atoms with Crippen LogP contribution in [0.1, 0.15) is 100 Å². The van der Waals surface area contributed by atoms with Crippen LogP contribution in [0.5, 0.6) is 17.2 Å². The molecule has 2 unspecified atom stereocenters.